The van der Waals surface area contributed by atoms with Crippen molar-refractivity contribution in [1.29, 1.82) is 0 Å². The smallest absolute Gasteiger partial charge is 0.361 e. The molecule has 1 aliphatic rings. The number of anilines is 1. The SMILES string of the molecule is FC(F)(F)c1cc[nH+]c(N2CC[NH+](Cc3c[nH]c4ccccc34)CC2)c1. The Morgan fingerprint density at radius 2 is 1.88 bits per heavy atom. The standard InChI is InChI=1S/C19H19F3N4/c20-19(21,22)15-5-6-23-18(11-15)26-9-7-25(8-10-26)13-14-12-24-17-4-2-1-3-16(14)17/h1-6,11-12,24H,7-10,13H2/p+2. The summed E-state index contributed by atoms with van der Waals surface area (Å²) in [4.78, 5) is 9.68. The molecule has 3 heterocycles. The lowest BCUT2D eigenvalue weighted by atomic mass is 10.1. The summed E-state index contributed by atoms with van der Waals surface area (Å²) in [7, 11) is 0. The van der Waals surface area contributed by atoms with Gasteiger partial charge in [0.2, 0.25) is 0 Å². The predicted octanol–water partition coefficient (Wildman–Crippen LogP) is 1.91. The third-order valence-corrected chi connectivity index (χ3v) is 5.04. The Balaban J connectivity index is 1.41. The number of H-pyrrole nitrogens is 2. The number of piperazine rings is 1. The van der Waals surface area contributed by atoms with Gasteiger partial charge < -0.3 is 9.88 Å². The van der Waals surface area contributed by atoms with Gasteiger partial charge in [-0.2, -0.15) is 13.2 Å². The van der Waals surface area contributed by atoms with E-state index in [0.717, 1.165) is 44.3 Å². The van der Waals surface area contributed by atoms with Gasteiger partial charge in [-0.3, -0.25) is 4.90 Å². The van der Waals surface area contributed by atoms with Crippen LogP contribution < -0.4 is 14.8 Å². The topological polar surface area (TPSA) is 37.6 Å². The molecule has 0 bridgehead atoms. The lowest BCUT2D eigenvalue weighted by Gasteiger charge is -2.28. The van der Waals surface area contributed by atoms with E-state index < -0.39 is 11.7 Å². The highest BCUT2D eigenvalue weighted by atomic mass is 19.4. The van der Waals surface area contributed by atoms with Crippen molar-refractivity contribution in [1.82, 2.24) is 4.98 Å². The largest absolute Gasteiger partial charge is 0.416 e. The minimum Gasteiger partial charge on any atom is -0.361 e. The van der Waals surface area contributed by atoms with Crippen molar-refractivity contribution in [2.45, 2.75) is 12.7 Å². The van der Waals surface area contributed by atoms with Crippen LogP contribution in [-0.4, -0.2) is 31.2 Å². The van der Waals surface area contributed by atoms with Gasteiger partial charge in [0.15, 0.2) is 0 Å². The molecule has 0 radical (unpaired) electrons. The van der Waals surface area contributed by atoms with E-state index in [-0.39, 0.29) is 0 Å². The number of para-hydroxylation sites is 1. The first kappa shape index (κ1) is 16.9. The van der Waals surface area contributed by atoms with E-state index in [1.807, 2.05) is 17.0 Å². The molecule has 4 rings (SSSR count). The van der Waals surface area contributed by atoms with E-state index in [1.165, 1.54) is 28.1 Å². The molecule has 7 heteroatoms. The Labute approximate surface area is 149 Å². The average Bonchev–Trinajstić information content (AvgIpc) is 3.05. The fraction of sp³-hybridized carbons (Fsp3) is 0.316. The molecule has 0 saturated carbocycles. The fourth-order valence-electron chi connectivity index (χ4n) is 3.60. The molecule has 1 aliphatic heterocycles. The van der Waals surface area contributed by atoms with E-state index in [1.54, 1.807) is 0 Å². The molecule has 1 fully saturated rings. The number of pyridine rings is 1. The summed E-state index contributed by atoms with van der Waals surface area (Å²) in [6.45, 7) is 4.17. The Kier molecular flexibility index (Phi) is 4.32. The molecular formula is C19H21F3N4+2. The molecule has 0 amide bonds. The summed E-state index contributed by atoms with van der Waals surface area (Å²) in [6, 6.07) is 10.5. The van der Waals surface area contributed by atoms with Crippen LogP contribution in [0.5, 0.6) is 0 Å². The minimum atomic E-state index is -4.31. The summed E-state index contributed by atoms with van der Waals surface area (Å²) in [6.07, 6.45) is -0.889. The molecule has 3 aromatic rings. The number of rotatable bonds is 3. The second-order valence-electron chi connectivity index (χ2n) is 6.73. The quantitative estimate of drug-likeness (QED) is 0.734. The van der Waals surface area contributed by atoms with Gasteiger partial charge in [-0.25, -0.2) is 4.98 Å². The van der Waals surface area contributed by atoms with Crippen molar-refractivity contribution >= 4 is 16.7 Å². The monoisotopic (exact) mass is 362 g/mol. The van der Waals surface area contributed by atoms with Gasteiger partial charge in [0.1, 0.15) is 32.7 Å². The number of benzene rings is 1. The van der Waals surface area contributed by atoms with Gasteiger partial charge in [-0.05, 0) is 12.1 Å². The van der Waals surface area contributed by atoms with E-state index in [2.05, 4.69) is 28.3 Å². The fourth-order valence-corrected chi connectivity index (χ4v) is 3.60. The van der Waals surface area contributed by atoms with Crippen molar-refractivity contribution in [2.75, 3.05) is 31.1 Å². The molecule has 0 spiro atoms. The number of quaternary nitrogens is 1. The highest BCUT2D eigenvalue weighted by Gasteiger charge is 2.33. The summed E-state index contributed by atoms with van der Waals surface area (Å²) >= 11 is 0. The van der Waals surface area contributed by atoms with Crippen LogP contribution in [0, 0.1) is 0 Å². The maximum absolute atomic E-state index is 12.9. The van der Waals surface area contributed by atoms with Gasteiger partial charge in [-0.1, -0.05) is 18.2 Å². The van der Waals surface area contributed by atoms with Gasteiger partial charge in [-0.15, -0.1) is 0 Å². The van der Waals surface area contributed by atoms with Gasteiger partial charge in [0, 0.05) is 28.7 Å². The molecule has 1 saturated heterocycles. The van der Waals surface area contributed by atoms with E-state index in [4.69, 9.17) is 0 Å². The molecule has 1 aromatic carbocycles. The molecule has 2 aromatic heterocycles. The maximum atomic E-state index is 12.9. The third-order valence-electron chi connectivity index (χ3n) is 5.04. The van der Waals surface area contributed by atoms with Crippen LogP contribution in [0.15, 0.2) is 48.8 Å². The lowest BCUT2D eigenvalue weighted by molar-refractivity contribution is -0.914. The Bertz CT molecular complexity index is 895. The first-order valence-corrected chi connectivity index (χ1v) is 8.73. The number of nitrogens with zero attached hydrogens (tertiary/aromatic N) is 1. The first-order chi connectivity index (χ1) is 12.5. The summed E-state index contributed by atoms with van der Waals surface area (Å²) < 4.78 is 38.7. The molecule has 0 aliphatic carbocycles. The zero-order chi connectivity index (χ0) is 18.1. The molecule has 3 N–H and O–H groups in total. The van der Waals surface area contributed by atoms with Crippen LogP contribution >= 0.6 is 0 Å². The van der Waals surface area contributed by atoms with Gasteiger partial charge in [0.05, 0.1) is 11.8 Å². The van der Waals surface area contributed by atoms with Crippen LogP contribution in [0.2, 0.25) is 0 Å². The number of hydrogen-bond donors (Lipinski definition) is 2. The number of aromatic amines is 2. The minimum absolute atomic E-state index is 0.533. The second-order valence-corrected chi connectivity index (χ2v) is 6.73. The average molecular weight is 362 g/mol. The van der Waals surface area contributed by atoms with Crippen LogP contribution in [0.1, 0.15) is 11.1 Å². The van der Waals surface area contributed by atoms with E-state index in [9.17, 15) is 13.2 Å². The molecule has 0 unspecified atom stereocenters. The first-order valence-electron chi connectivity index (χ1n) is 8.73. The van der Waals surface area contributed by atoms with Crippen molar-refractivity contribution in [2.24, 2.45) is 0 Å². The predicted molar refractivity (Wildman–Crippen MR) is 92.9 cm³/mol. The van der Waals surface area contributed by atoms with Crippen molar-refractivity contribution in [3.63, 3.8) is 0 Å². The van der Waals surface area contributed by atoms with Crippen molar-refractivity contribution < 1.29 is 23.1 Å². The van der Waals surface area contributed by atoms with Crippen LogP contribution in [0.4, 0.5) is 19.0 Å². The number of fused-ring (bicyclic) bond motifs is 1. The van der Waals surface area contributed by atoms with Crippen LogP contribution in [0.25, 0.3) is 10.9 Å². The number of alkyl halides is 3. The van der Waals surface area contributed by atoms with Crippen LogP contribution in [0.3, 0.4) is 0 Å². The summed E-state index contributed by atoms with van der Waals surface area (Å²) in [5, 5.41) is 1.24. The number of halogens is 3. The molecule has 136 valence electrons. The lowest BCUT2D eigenvalue weighted by Crippen LogP contribution is -3.13. The van der Waals surface area contributed by atoms with Crippen molar-refractivity contribution in [3.05, 3.63) is 59.9 Å². The third kappa shape index (κ3) is 3.39. The Hall–Kier alpha value is -2.54. The number of aromatic nitrogens is 2. The van der Waals surface area contributed by atoms with Gasteiger partial charge >= 0.3 is 6.18 Å². The number of hydrogen-bond acceptors (Lipinski definition) is 1. The van der Waals surface area contributed by atoms with Crippen molar-refractivity contribution in [3.8, 4) is 0 Å². The Morgan fingerprint density at radius 1 is 1.12 bits per heavy atom. The maximum Gasteiger partial charge on any atom is 0.416 e. The van der Waals surface area contributed by atoms with E-state index in [0.29, 0.717) is 5.82 Å². The second kappa shape index (κ2) is 6.64. The summed E-state index contributed by atoms with van der Waals surface area (Å²) in [5.41, 5.74) is 1.81. The zero-order valence-corrected chi connectivity index (χ0v) is 14.2. The Morgan fingerprint density at radius 3 is 2.65 bits per heavy atom. The van der Waals surface area contributed by atoms with Crippen LogP contribution in [-0.2, 0) is 12.7 Å². The number of nitrogens with one attached hydrogen (secondary N) is 3. The summed E-state index contributed by atoms with van der Waals surface area (Å²) in [5.74, 6) is 0.533. The molecular weight excluding hydrogens is 341 g/mol. The van der Waals surface area contributed by atoms with E-state index >= 15 is 0 Å². The zero-order valence-electron chi connectivity index (χ0n) is 14.2. The molecule has 0 atom stereocenters. The highest BCUT2D eigenvalue weighted by molar-refractivity contribution is 5.82. The molecule has 26 heavy (non-hydrogen) atoms. The normalized spacial score (nSPS) is 16.3. The highest BCUT2D eigenvalue weighted by Crippen LogP contribution is 2.29. The molecule has 4 nitrogen and oxygen atoms in total. The van der Waals surface area contributed by atoms with Gasteiger partial charge in [0.25, 0.3) is 5.82 Å².